The highest BCUT2D eigenvalue weighted by Gasteiger charge is 2.12. The second-order valence-electron chi connectivity index (χ2n) is 8.10. The second-order valence-corrected chi connectivity index (χ2v) is 9.08. The number of rotatable bonds is 9. The Balaban J connectivity index is 1.32. The molecule has 0 saturated heterocycles. The third-order valence-corrected chi connectivity index (χ3v) is 6.31. The quantitative estimate of drug-likeness (QED) is 0.238. The highest BCUT2D eigenvalue weighted by molar-refractivity contribution is 7.09. The van der Waals surface area contributed by atoms with Gasteiger partial charge in [0.25, 0.3) is 5.91 Å². The number of aryl methyl sites for hydroxylation is 1. The van der Waals surface area contributed by atoms with E-state index in [0.29, 0.717) is 40.9 Å². The zero-order valence-electron chi connectivity index (χ0n) is 19.9. The van der Waals surface area contributed by atoms with Gasteiger partial charge in [-0.15, -0.1) is 11.3 Å². The van der Waals surface area contributed by atoms with Crippen molar-refractivity contribution in [3.8, 4) is 5.82 Å². The van der Waals surface area contributed by atoms with E-state index in [-0.39, 0.29) is 5.91 Å². The number of amides is 1. The molecule has 0 atom stereocenters. The number of thiazole rings is 1. The van der Waals surface area contributed by atoms with Crippen LogP contribution in [0, 0.1) is 6.92 Å². The predicted molar refractivity (Wildman–Crippen MR) is 142 cm³/mol. The number of carbonyl (C=O) groups excluding carboxylic acids is 1. The van der Waals surface area contributed by atoms with E-state index >= 15 is 0 Å². The van der Waals surface area contributed by atoms with E-state index in [4.69, 9.17) is 0 Å². The summed E-state index contributed by atoms with van der Waals surface area (Å²) in [6.45, 7) is 1.90. The average Bonchev–Trinajstić information content (AvgIpc) is 3.62. The fourth-order valence-electron chi connectivity index (χ4n) is 3.62. The molecule has 0 saturated carbocycles. The molecule has 0 unspecified atom stereocenters. The first-order valence-corrected chi connectivity index (χ1v) is 12.3. The lowest BCUT2D eigenvalue weighted by Crippen LogP contribution is -2.12. The lowest BCUT2D eigenvalue weighted by molar-refractivity contribution is 0.102. The van der Waals surface area contributed by atoms with Crippen LogP contribution in [0.1, 0.15) is 26.5 Å². The van der Waals surface area contributed by atoms with E-state index in [1.807, 2.05) is 41.1 Å². The van der Waals surface area contributed by atoms with Crippen molar-refractivity contribution in [3.05, 3.63) is 101 Å². The Kier molecular flexibility index (Phi) is 7.13. The number of benzene rings is 2. The Morgan fingerprint density at radius 3 is 2.81 bits per heavy atom. The van der Waals surface area contributed by atoms with Gasteiger partial charge in [0.1, 0.15) is 29.6 Å². The Bertz CT molecular complexity index is 1520. The maximum absolute atomic E-state index is 13.0. The van der Waals surface area contributed by atoms with E-state index < -0.39 is 6.67 Å². The standard InChI is InChI=1S/C26H23FN8OS/c1-17-5-6-20(33-25(36)19-4-2-3-18(11-19)14-27)12-21(17)34-26-29-7-9-35(26)23-13-22(31-16-32-23)30-15-24-28-8-10-37-24/h2-13,16H,14-15H2,1H3,(H,29,34)(H,33,36)(H,30,31,32). The molecule has 0 fully saturated rings. The second kappa shape index (κ2) is 11.0. The summed E-state index contributed by atoms with van der Waals surface area (Å²) in [4.78, 5) is 30.1. The zero-order valence-corrected chi connectivity index (χ0v) is 20.7. The molecule has 186 valence electrons. The fourth-order valence-corrected chi connectivity index (χ4v) is 4.17. The third-order valence-electron chi connectivity index (χ3n) is 5.53. The van der Waals surface area contributed by atoms with Gasteiger partial charge in [0, 0.05) is 47.0 Å². The van der Waals surface area contributed by atoms with E-state index in [2.05, 4.69) is 35.9 Å². The Labute approximate surface area is 216 Å². The number of halogens is 1. The third kappa shape index (κ3) is 5.78. The van der Waals surface area contributed by atoms with Gasteiger partial charge in [-0.05, 0) is 42.3 Å². The van der Waals surface area contributed by atoms with Crippen LogP contribution < -0.4 is 16.0 Å². The number of imidazole rings is 1. The summed E-state index contributed by atoms with van der Waals surface area (Å²) in [5.41, 5.74) is 3.16. The number of hydrogen-bond acceptors (Lipinski definition) is 8. The van der Waals surface area contributed by atoms with Gasteiger partial charge in [0.05, 0.1) is 6.54 Å². The average molecular weight is 515 g/mol. The van der Waals surface area contributed by atoms with Gasteiger partial charge in [-0.1, -0.05) is 18.2 Å². The van der Waals surface area contributed by atoms with Gasteiger partial charge in [0.2, 0.25) is 5.95 Å². The SMILES string of the molecule is Cc1ccc(NC(=O)c2cccc(CF)c2)cc1Nc1nccn1-c1cc(NCc2nccs2)ncn1. The van der Waals surface area contributed by atoms with Crippen molar-refractivity contribution in [3.63, 3.8) is 0 Å². The zero-order chi connectivity index (χ0) is 25.6. The molecule has 3 heterocycles. The van der Waals surface area contributed by atoms with Gasteiger partial charge >= 0.3 is 0 Å². The van der Waals surface area contributed by atoms with E-state index in [1.54, 1.807) is 54.2 Å². The van der Waals surface area contributed by atoms with E-state index in [9.17, 15) is 9.18 Å². The van der Waals surface area contributed by atoms with Crippen molar-refractivity contribution < 1.29 is 9.18 Å². The molecule has 37 heavy (non-hydrogen) atoms. The van der Waals surface area contributed by atoms with Crippen molar-refractivity contribution in [1.29, 1.82) is 0 Å². The number of alkyl halides is 1. The van der Waals surface area contributed by atoms with Crippen molar-refractivity contribution in [1.82, 2.24) is 24.5 Å². The van der Waals surface area contributed by atoms with Gasteiger partial charge in [-0.3, -0.25) is 9.36 Å². The van der Waals surface area contributed by atoms with Crippen LogP contribution in [0.3, 0.4) is 0 Å². The molecule has 1 amide bonds. The van der Waals surface area contributed by atoms with Crippen LogP contribution in [-0.4, -0.2) is 30.4 Å². The first-order valence-electron chi connectivity index (χ1n) is 11.4. The maximum Gasteiger partial charge on any atom is 0.255 e. The molecule has 0 bridgehead atoms. The summed E-state index contributed by atoms with van der Waals surface area (Å²) >= 11 is 1.57. The fraction of sp³-hybridized carbons (Fsp3) is 0.115. The summed E-state index contributed by atoms with van der Waals surface area (Å²) in [6, 6.07) is 13.9. The van der Waals surface area contributed by atoms with Crippen molar-refractivity contribution in [2.45, 2.75) is 20.1 Å². The first kappa shape index (κ1) is 24.1. The number of aromatic nitrogens is 5. The molecule has 2 aromatic carbocycles. The summed E-state index contributed by atoms with van der Waals surface area (Å²) in [5, 5.41) is 12.3. The molecule has 5 aromatic rings. The minimum atomic E-state index is -0.623. The highest BCUT2D eigenvalue weighted by atomic mass is 32.1. The van der Waals surface area contributed by atoms with Crippen molar-refractivity contribution in [2.75, 3.05) is 16.0 Å². The topological polar surface area (TPSA) is 110 Å². The van der Waals surface area contributed by atoms with Crippen LogP contribution in [0.2, 0.25) is 0 Å². The number of nitrogens with one attached hydrogen (secondary N) is 3. The van der Waals surface area contributed by atoms with Crippen LogP contribution >= 0.6 is 11.3 Å². The molecular formula is C26H23FN8OS. The lowest BCUT2D eigenvalue weighted by atomic mass is 10.1. The normalized spacial score (nSPS) is 10.8. The minimum absolute atomic E-state index is 0.314. The molecule has 0 radical (unpaired) electrons. The number of carbonyl (C=O) groups is 1. The Hall–Kier alpha value is -4.64. The summed E-state index contributed by atoms with van der Waals surface area (Å²) in [6.07, 6.45) is 6.73. The molecule has 3 aromatic heterocycles. The molecular weight excluding hydrogens is 491 g/mol. The predicted octanol–water partition coefficient (Wildman–Crippen LogP) is 5.50. The number of nitrogens with zero attached hydrogens (tertiary/aromatic N) is 5. The summed E-state index contributed by atoms with van der Waals surface area (Å²) in [5.74, 6) is 1.53. The molecule has 0 spiro atoms. The van der Waals surface area contributed by atoms with Crippen LogP contribution in [0.5, 0.6) is 0 Å². The summed E-state index contributed by atoms with van der Waals surface area (Å²) < 4.78 is 14.8. The molecule has 5 rings (SSSR count). The van der Waals surface area contributed by atoms with Crippen LogP contribution in [0.4, 0.5) is 27.5 Å². The Morgan fingerprint density at radius 2 is 1.97 bits per heavy atom. The lowest BCUT2D eigenvalue weighted by Gasteiger charge is -2.14. The van der Waals surface area contributed by atoms with Crippen LogP contribution in [0.25, 0.3) is 5.82 Å². The van der Waals surface area contributed by atoms with Crippen LogP contribution in [0.15, 0.2) is 78.8 Å². The van der Waals surface area contributed by atoms with Crippen LogP contribution in [-0.2, 0) is 13.2 Å². The maximum atomic E-state index is 13.0. The smallest absolute Gasteiger partial charge is 0.255 e. The van der Waals surface area contributed by atoms with Gasteiger partial charge in [-0.25, -0.2) is 24.3 Å². The van der Waals surface area contributed by atoms with Crippen molar-refractivity contribution >= 4 is 40.4 Å². The summed E-state index contributed by atoms with van der Waals surface area (Å²) in [7, 11) is 0. The monoisotopic (exact) mass is 514 g/mol. The van der Waals surface area contributed by atoms with E-state index in [1.165, 1.54) is 6.33 Å². The molecule has 0 aliphatic carbocycles. The van der Waals surface area contributed by atoms with Gasteiger partial charge < -0.3 is 16.0 Å². The van der Waals surface area contributed by atoms with Gasteiger partial charge in [-0.2, -0.15) is 0 Å². The molecule has 0 aliphatic heterocycles. The number of anilines is 4. The molecule has 3 N–H and O–H groups in total. The number of hydrogen-bond donors (Lipinski definition) is 3. The van der Waals surface area contributed by atoms with E-state index in [0.717, 1.165) is 16.3 Å². The Morgan fingerprint density at radius 1 is 1.05 bits per heavy atom. The molecule has 9 nitrogen and oxygen atoms in total. The highest BCUT2D eigenvalue weighted by Crippen LogP contribution is 2.25. The molecule has 11 heteroatoms. The largest absolute Gasteiger partial charge is 0.363 e. The van der Waals surface area contributed by atoms with Gasteiger partial charge in [0.15, 0.2) is 0 Å². The first-order chi connectivity index (χ1) is 18.1. The molecule has 0 aliphatic rings. The minimum Gasteiger partial charge on any atom is -0.363 e. The van der Waals surface area contributed by atoms with Crippen molar-refractivity contribution in [2.24, 2.45) is 0 Å².